The summed E-state index contributed by atoms with van der Waals surface area (Å²) >= 11 is 0. The average molecular weight is 352 g/mol. The molecule has 0 atom stereocenters. The Balaban J connectivity index is 2.12. The Labute approximate surface area is 155 Å². The van der Waals surface area contributed by atoms with Crippen molar-refractivity contribution in [2.24, 2.45) is 0 Å². The lowest BCUT2D eigenvalue weighted by atomic mass is 10.0. The molecule has 1 heterocycles. The van der Waals surface area contributed by atoms with Gasteiger partial charge in [-0.05, 0) is 36.4 Å². The molecule has 3 rings (SSSR count). The SMILES string of the molecule is CCCCNc1nnc(NCCCC)c2cc3c(OC)cccc3cc12. The molecule has 0 spiro atoms. The molecule has 1 aromatic heterocycles. The van der Waals surface area contributed by atoms with Gasteiger partial charge in [-0.1, -0.05) is 38.8 Å². The van der Waals surface area contributed by atoms with Crippen molar-refractivity contribution in [1.82, 2.24) is 10.2 Å². The lowest BCUT2D eigenvalue weighted by Gasteiger charge is -2.14. The number of fused-ring (bicyclic) bond motifs is 2. The number of hydrogen-bond acceptors (Lipinski definition) is 5. The van der Waals surface area contributed by atoms with Crippen LogP contribution in [0.4, 0.5) is 11.6 Å². The third-order valence-electron chi connectivity index (χ3n) is 4.60. The maximum atomic E-state index is 5.55. The van der Waals surface area contributed by atoms with Crippen LogP contribution < -0.4 is 15.4 Å². The van der Waals surface area contributed by atoms with E-state index in [4.69, 9.17) is 4.74 Å². The summed E-state index contributed by atoms with van der Waals surface area (Å²) in [6.07, 6.45) is 4.51. The molecular weight excluding hydrogens is 324 g/mol. The summed E-state index contributed by atoms with van der Waals surface area (Å²) in [5.41, 5.74) is 0. The van der Waals surface area contributed by atoms with Crippen molar-refractivity contribution < 1.29 is 4.74 Å². The normalized spacial score (nSPS) is 11.0. The van der Waals surface area contributed by atoms with Gasteiger partial charge >= 0.3 is 0 Å². The second-order valence-corrected chi connectivity index (χ2v) is 6.54. The maximum absolute atomic E-state index is 5.55. The second-order valence-electron chi connectivity index (χ2n) is 6.54. The summed E-state index contributed by atoms with van der Waals surface area (Å²) < 4.78 is 5.55. The summed E-state index contributed by atoms with van der Waals surface area (Å²) in [5, 5.41) is 20.2. The lowest BCUT2D eigenvalue weighted by molar-refractivity contribution is 0.420. The minimum Gasteiger partial charge on any atom is -0.496 e. The van der Waals surface area contributed by atoms with Crippen molar-refractivity contribution in [1.29, 1.82) is 0 Å². The molecule has 0 aliphatic rings. The molecule has 0 saturated heterocycles. The van der Waals surface area contributed by atoms with Gasteiger partial charge in [0, 0.05) is 29.2 Å². The lowest BCUT2D eigenvalue weighted by Crippen LogP contribution is -2.08. The number of unbranched alkanes of at least 4 members (excludes halogenated alkanes) is 2. The molecule has 0 radical (unpaired) electrons. The standard InChI is InChI=1S/C21H28N4O/c1-4-6-11-22-20-17-13-15-9-8-10-19(26-3)16(15)14-18(17)21(25-24-20)23-12-7-5-2/h8-10,13-14H,4-7,11-12H2,1-3H3,(H,22,24)(H,23,25). The molecule has 0 fully saturated rings. The zero-order chi connectivity index (χ0) is 18.4. The molecule has 0 bridgehead atoms. The van der Waals surface area contributed by atoms with Gasteiger partial charge in [0.05, 0.1) is 7.11 Å². The van der Waals surface area contributed by atoms with Crippen LogP contribution in [-0.2, 0) is 0 Å². The van der Waals surface area contributed by atoms with Crippen LogP contribution in [0.3, 0.4) is 0 Å². The molecule has 5 nitrogen and oxygen atoms in total. The molecule has 0 amide bonds. The third-order valence-corrected chi connectivity index (χ3v) is 4.60. The van der Waals surface area contributed by atoms with E-state index in [1.165, 1.54) is 0 Å². The van der Waals surface area contributed by atoms with Gasteiger partial charge in [-0.3, -0.25) is 0 Å². The van der Waals surface area contributed by atoms with Crippen LogP contribution >= 0.6 is 0 Å². The molecule has 0 aliphatic carbocycles. The zero-order valence-corrected chi connectivity index (χ0v) is 15.9. The first kappa shape index (κ1) is 18.2. The number of anilines is 2. The largest absolute Gasteiger partial charge is 0.496 e. The molecule has 2 aromatic carbocycles. The predicted molar refractivity (Wildman–Crippen MR) is 110 cm³/mol. The second kappa shape index (κ2) is 8.70. The van der Waals surface area contributed by atoms with Gasteiger partial charge in [-0.2, -0.15) is 0 Å². The van der Waals surface area contributed by atoms with Crippen LogP contribution in [0.1, 0.15) is 39.5 Å². The molecule has 138 valence electrons. The Bertz CT molecular complexity index is 879. The van der Waals surface area contributed by atoms with E-state index in [-0.39, 0.29) is 0 Å². The number of aromatic nitrogens is 2. The highest BCUT2D eigenvalue weighted by Gasteiger charge is 2.12. The van der Waals surface area contributed by atoms with Crippen LogP contribution in [0.2, 0.25) is 0 Å². The van der Waals surface area contributed by atoms with E-state index in [0.717, 1.165) is 77.7 Å². The van der Waals surface area contributed by atoms with Crippen LogP contribution in [-0.4, -0.2) is 30.4 Å². The Morgan fingerprint density at radius 2 is 1.46 bits per heavy atom. The first-order valence-electron chi connectivity index (χ1n) is 9.53. The molecule has 0 unspecified atom stereocenters. The first-order chi connectivity index (χ1) is 12.8. The highest BCUT2D eigenvalue weighted by Crippen LogP contribution is 2.34. The van der Waals surface area contributed by atoms with Crippen molar-refractivity contribution in [3.05, 3.63) is 30.3 Å². The molecule has 5 heteroatoms. The van der Waals surface area contributed by atoms with Crippen molar-refractivity contribution in [3.63, 3.8) is 0 Å². The molecular formula is C21H28N4O. The van der Waals surface area contributed by atoms with E-state index in [1.807, 2.05) is 12.1 Å². The maximum Gasteiger partial charge on any atom is 0.156 e. The number of methoxy groups -OCH3 is 1. The van der Waals surface area contributed by atoms with E-state index < -0.39 is 0 Å². The molecule has 26 heavy (non-hydrogen) atoms. The van der Waals surface area contributed by atoms with Crippen LogP contribution in [0, 0.1) is 0 Å². The average Bonchev–Trinajstić information content (AvgIpc) is 2.67. The number of benzene rings is 2. The summed E-state index contributed by atoms with van der Waals surface area (Å²) in [6.45, 7) is 6.17. The molecule has 3 aromatic rings. The number of nitrogens with one attached hydrogen (secondary N) is 2. The third kappa shape index (κ3) is 3.82. The minimum absolute atomic E-state index is 0.835. The Hall–Kier alpha value is -2.56. The van der Waals surface area contributed by atoms with Gasteiger partial charge in [0.2, 0.25) is 0 Å². The van der Waals surface area contributed by atoms with Gasteiger partial charge in [0.15, 0.2) is 11.6 Å². The number of hydrogen-bond donors (Lipinski definition) is 2. The summed E-state index contributed by atoms with van der Waals surface area (Å²) in [5.74, 6) is 2.56. The highest BCUT2D eigenvalue weighted by atomic mass is 16.5. The van der Waals surface area contributed by atoms with E-state index in [0.29, 0.717) is 0 Å². The fraction of sp³-hybridized carbons (Fsp3) is 0.429. The Morgan fingerprint density at radius 3 is 2.04 bits per heavy atom. The molecule has 0 aliphatic heterocycles. The molecule has 0 saturated carbocycles. The van der Waals surface area contributed by atoms with Crippen molar-refractivity contribution in [3.8, 4) is 5.75 Å². The monoisotopic (exact) mass is 352 g/mol. The Morgan fingerprint density at radius 1 is 0.846 bits per heavy atom. The minimum atomic E-state index is 0.835. The summed E-state index contributed by atoms with van der Waals surface area (Å²) in [6, 6.07) is 10.5. The van der Waals surface area contributed by atoms with Crippen molar-refractivity contribution in [2.45, 2.75) is 39.5 Å². The fourth-order valence-electron chi connectivity index (χ4n) is 3.10. The van der Waals surface area contributed by atoms with E-state index in [1.54, 1.807) is 7.11 Å². The van der Waals surface area contributed by atoms with E-state index in [9.17, 15) is 0 Å². The quantitative estimate of drug-likeness (QED) is 0.409. The van der Waals surface area contributed by atoms with Gasteiger partial charge < -0.3 is 15.4 Å². The van der Waals surface area contributed by atoms with E-state index in [2.05, 4.69) is 52.9 Å². The zero-order valence-electron chi connectivity index (χ0n) is 15.9. The van der Waals surface area contributed by atoms with Gasteiger partial charge in [-0.15, -0.1) is 10.2 Å². The summed E-state index contributed by atoms with van der Waals surface area (Å²) in [7, 11) is 1.71. The first-order valence-corrected chi connectivity index (χ1v) is 9.53. The van der Waals surface area contributed by atoms with Crippen LogP contribution in [0.5, 0.6) is 5.75 Å². The van der Waals surface area contributed by atoms with E-state index >= 15 is 0 Å². The van der Waals surface area contributed by atoms with Crippen LogP contribution in [0.15, 0.2) is 30.3 Å². The number of nitrogens with zero attached hydrogens (tertiary/aromatic N) is 2. The predicted octanol–water partition coefficient (Wildman–Crippen LogP) is 5.22. The van der Waals surface area contributed by atoms with Gasteiger partial charge in [0.1, 0.15) is 5.75 Å². The smallest absolute Gasteiger partial charge is 0.156 e. The Kier molecular flexibility index (Phi) is 6.10. The van der Waals surface area contributed by atoms with Crippen molar-refractivity contribution in [2.75, 3.05) is 30.8 Å². The fourth-order valence-corrected chi connectivity index (χ4v) is 3.10. The summed E-state index contributed by atoms with van der Waals surface area (Å²) in [4.78, 5) is 0. The molecule has 2 N–H and O–H groups in total. The van der Waals surface area contributed by atoms with Gasteiger partial charge in [-0.25, -0.2) is 0 Å². The number of rotatable bonds is 9. The van der Waals surface area contributed by atoms with Gasteiger partial charge in [0.25, 0.3) is 0 Å². The van der Waals surface area contributed by atoms with Crippen molar-refractivity contribution >= 4 is 33.2 Å². The number of ether oxygens (including phenoxy) is 1. The van der Waals surface area contributed by atoms with Crippen LogP contribution in [0.25, 0.3) is 21.5 Å². The topological polar surface area (TPSA) is 59.1 Å². The highest BCUT2D eigenvalue weighted by molar-refractivity contribution is 6.08.